The van der Waals surface area contributed by atoms with Gasteiger partial charge in [-0.2, -0.15) is 0 Å². The summed E-state index contributed by atoms with van der Waals surface area (Å²) in [6.45, 7) is 12.6. The number of para-hydroxylation sites is 1. The predicted octanol–water partition coefficient (Wildman–Crippen LogP) is 6.68. The van der Waals surface area contributed by atoms with Crippen molar-refractivity contribution in [3.63, 3.8) is 0 Å². The van der Waals surface area contributed by atoms with E-state index in [1.165, 1.54) is 34.4 Å². The Kier molecular flexibility index (Phi) is 11.0. The van der Waals surface area contributed by atoms with E-state index in [4.69, 9.17) is 20.8 Å². The number of fused-ring (bicyclic) bond motifs is 1. The van der Waals surface area contributed by atoms with Crippen LogP contribution in [0.1, 0.15) is 45.2 Å². The van der Waals surface area contributed by atoms with Gasteiger partial charge in [-0.15, -0.1) is 13.2 Å². The van der Waals surface area contributed by atoms with Gasteiger partial charge in [0.05, 0.1) is 18.6 Å². The predicted molar refractivity (Wildman–Crippen MR) is 180 cm³/mol. The first kappa shape index (κ1) is 36.9. The molecule has 2 aromatic carbocycles. The molecule has 0 aliphatic carbocycles. The SMILES string of the molecule is CCOC(=O)Cc1cccc(-c2nc3c(c(=O)n(CCCO[Si](C)(C)C(C)(C)C)c(=O)n3C)n2Cc2ccc(Cl)cc2)c1OC(F)(F)F. The highest BCUT2D eigenvalue weighted by Gasteiger charge is 2.37. The highest BCUT2D eigenvalue weighted by Crippen LogP contribution is 2.39. The molecule has 15 heteroatoms. The van der Waals surface area contributed by atoms with E-state index in [1.807, 2.05) is 0 Å². The van der Waals surface area contributed by atoms with Gasteiger partial charge in [0.15, 0.2) is 19.5 Å². The molecule has 4 aromatic rings. The number of aryl methyl sites for hydroxylation is 1. The summed E-state index contributed by atoms with van der Waals surface area (Å²) in [7, 11) is -0.628. The zero-order chi connectivity index (χ0) is 35.6. The molecule has 2 heterocycles. The van der Waals surface area contributed by atoms with Crippen molar-refractivity contribution in [2.24, 2.45) is 7.05 Å². The zero-order valence-electron chi connectivity index (χ0n) is 28.0. The van der Waals surface area contributed by atoms with E-state index in [9.17, 15) is 27.6 Å². The smallest absolute Gasteiger partial charge is 0.466 e. The van der Waals surface area contributed by atoms with Crippen molar-refractivity contribution in [2.45, 2.75) is 78.1 Å². The maximum atomic E-state index is 14.1. The van der Waals surface area contributed by atoms with Crippen LogP contribution >= 0.6 is 11.6 Å². The maximum Gasteiger partial charge on any atom is 0.573 e. The number of hydrogen-bond donors (Lipinski definition) is 0. The first-order chi connectivity index (χ1) is 22.3. The van der Waals surface area contributed by atoms with Crippen LogP contribution in [0.2, 0.25) is 23.2 Å². The van der Waals surface area contributed by atoms with Crippen LogP contribution < -0.4 is 16.0 Å². The number of aromatic nitrogens is 4. The topological polar surface area (TPSA) is 107 Å². The first-order valence-corrected chi connectivity index (χ1v) is 18.8. The molecule has 0 N–H and O–H groups in total. The summed E-state index contributed by atoms with van der Waals surface area (Å²) in [5, 5.41) is 0.442. The van der Waals surface area contributed by atoms with E-state index >= 15 is 0 Å². The van der Waals surface area contributed by atoms with Gasteiger partial charge < -0.3 is 18.5 Å². The van der Waals surface area contributed by atoms with Gasteiger partial charge in [0.2, 0.25) is 0 Å². The molecule has 0 aliphatic heterocycles. The number of alkyl halides is 3. The Balaban J connectivity index is 1.92. The fourth-order valence-corrected chi connectivity index (χ4v) is 6.18. The van der Waals surface area contributed by atoms with Crippen LogP contribution in [-0.4, -0.2) is 52.5 Å². The van der Waals surface area contributed by atoms with Crippen LogP contribution in [0.5, 0.6) is 5.75 Å². The Bertz CT molecular complexity index is 1910. The van der Waals surface area contributed by atoms with E-state index in [0.717, 1.165) is 4.57 Å². The van der Waals surface area contributed by atoms with Crippen molar-refractivity contribution in [3.8, 4) is 17.1 Å². The van der Waals surface area contributed by atoms with Crippen LogP contribution in [-0.2, 0) is 40.5 Å². The molecule has 48 heavy (non-hydrogen) atoms. The first-order valence-electron chi connectivity index (χ1n) is 15.5. The van der Waals surface area contributed by atoms with Crippen LogP contribution in [0.3, 0.4) is 0 Å². The van der Waals surface area contributed by atoms with Crippen molar-refractivity contribution < 1.29 is 31.9 Å². The van der Waals surface area contributed by atoms with E-state index in [2.05, 4.69) is 43.6 Å². The lowest BCUT2D eigenvalue weighted by atomic mass is 10.0. The van der Waals surface area contributed by atoms with Crippen LogP contribution in [0.4, 0.5) is 13.2 Å². The van der Waals surface area contributed by atoms with E-state index in [-0.39, 0.29) is 52.8 Å². The molecule has 0 bridgehead atoms. The Hall–Kier alpha value is -3.88. The van der Waals surface area contributed by atoms with Crippen LogP contribution in [0.25, 0.3) is 22.6 Å². The fraction of sp³-hybridized carbons (Fsp3) is 0.455. The average molecular weight is 709 g/mol. The molecule has 0 aliphatic rings. The molecule has 0 spiro atoms. The summed E-state index contributed by atoms with van der Waals surface area (Å²) in [5.74, 6) is -1.49. The van der Waals surface area contributed by atoms with Gasteiger partial charge in [-0.25, -0.2) is 9.78 Å². The minimum Gasteiger partial charge on any atom is -0.466 e. The molecule has 0 amide bonds. The van der Waals surface area contributed by atoms with Gasteiger partial charge in [-0.3, -0.25) is 18.7 Å². The third kappa shape index (κ3) is 8.21. The number of nitrogens with zero attached hydrogens (tertiary/aromatic N) is 4. The van der Waals surface area contributed by atoms with E-state index in [1.54, 1.807) is 31.2 Å². The number of carbonyl (C=O) groups is 1. The second kappa shape index (κ2) is 14.3. The van der Waals surface area contributed by atoms with Gasteiger partial charge in [0.25, 0.3) is 5.56 Å². The number of imidazole rings is 1. The number of rotatable bonds is 12. The van der Waals surface area contributed by atoms with Gasteiger partial charge in [0.1, 0.15) is 11.6 Å². The summed E-state index contributed by atoms with van der Waals surface area (Å²) in [6.07, 6.45) is -5.25. The fourth-order valence-electron chi connectivity index (χ4n) is 4.97. The Morgan fingerprint density at radius 1 is 1.02 bits per heavy atom. The second-order valence-corrected chi connectivity index (χ2v) is 18.2. The summed E-state index contributed by atoms with van der Waals surface area (Å²) in [5.41, 5.74) is -0.901. The standard InChI is InChI=1S/C33H40ClF3N4O6Si/c1-8-45-25(42)19-22-11-9-12-24(27(22)47-33(35,36)37)28-38-29-26(41(28)20-21-13-15-23(34)16-14-21)30(43)40(31(44)39(29)5)17-10-18-46-48(6,7)32(2,3)4/h9,11-16H,8,10,17-20H2,1-7H3. The van der Waals surface area contributed by atoms with Crippen LogP contribution in [0, 0.1) is 0 Å². The lowest BCUT2D eigenvalue weighted by Gasteiger charge is -2.36. The molecule has 0 atom stereocenters. The van der Waals surface area contributed by atoms with Gasteiger partial charge in [-0.1, -0.05) is 56.6 Å². The minimum atomic E-state index is -5.13. The van der Waals surface area contributed by atoms with Crippen molar-refractivity contribution in [1.82, 2.24) is 18.7 Å². The third-order valence-electron chi connectivity index (χ3n) is 8.48. The molecule has 0 fully saturated rings. The summed E-state index contributed by atoms with van der Waals surface area (Å²) in [4.78, 5) is 44.5. The number of esters is 1. The third-order valence-corrected chi connectivity index (χ3v) is 13.3. The summed E-state index contributed by atoms with van der Waals surface area (Å²) >= 11 is 6.10. The number of benzene rings is 2. The van der Waals surface area contributed by atoms with Crippen LogP contribution in [0.15, 0.2) is 52.1 Å². The Labute approximate surface area is 282 Å². The Morgan fingerprint density at radius 2 is 1.69 bits per heavy atom. The van der Waals surface area contributed by atoms with Crippen molar-refractivity contribution in [3.05, 3.63) is 79.5 Å². The van der Waals surface area contributed by atoms with Crippen molar-refractivity contribution >= 4 is 37.1 Å². The van der Waals surface area contributed by atoms with Gasteiger partial charge in [0, 0.05) is 37.3 Å². The zero-order valence-corrected chi connectivity index (χ0v) is 29.8. The lowest BCUT2D eigenvalue weighted by molar-refractivity contribution is -0.274. The van der Waals surface area contributed by atoms with Gasteiger partial charge in [-0.05, 0) is 55.2 Å². The maximum absolute atomic E-state index is 14.1. The molecule has 0 saturated heterocycles. The molecule has 0 unspecified atom stereocenters. The highest BCUT2D eigenvalue weighted by atomic mass is 35.5. The number of ether oxygens (including phenoxy) is 2. The highest BCUT2D eigenvalue weighted by molar-refractivity contribution is 6.74. The largest absolute Gasteiger partial charge is 0.573 e. The molecule has 260 valence electrons. The second-order valence-electron chi connectivity index (χ2n) is 12.9. The van der Waals surface area contributed by atoms with Gasteiger partial charge >= 0.3 is 18.0 Å². The average Bonchev–Trinajstić information content (AvgIpc) is 3.35. The normalized spacial score (nSPS) is 12.5. The molecule has 0 radical (unpaired) electrons. The van der Waals surface area contributed by atoms with Crippen molar-refractivity contribution in [1.29, 1.82) is 0 Å². The number of hydrogen-bond acceptors (Lipinski definition) is 7. The quantitative estimate of drug-likeness (QED) is 0.0918. The molecule has 0 saturated carbocycles. The number of carbonyl (C=O) groups excluding carboxylic acids is 1. The Morgan fingerprint density at radius 3 is 2.29 bits per heavy atom. The number of halogens is 4. The summed E-state index contributed by atoms with van der Waals surface area (Å²) < 4.78 is 60.9. The molecular weight excluding hydrogens is 669 g/mol. The van der Waals surface area contributed by atoms with Crippen molar-refractivity contribution in [2.75, 3.05) is 13.2 Å². The van der Waals surface area contributed by atoms with E-state index < -0.39 is 44.1 Å². The lowest BCUT2D eigenvalue weighted by Crippen LogP contribution is -2.42. The molecule has 4 rings (SSSR count). The minimum absolute atomic E-state index is 0.00104. The monoisotopic (exact) mass is 708 g/mol. The molecular formula is C33H40ClF3N4O6Si. The molecule has 2 aromatic heterocycles. The summed E-state index contributed by atoms with van der Waals surface area (Å²) in [6, 6.07) is 10.8. The van der Waals surface area contributed by atoms with E-state index in [0.29, 0.717) is 23.6 Å². The molecule has 10 nitrogen and oxygen atoms in total.